The van der Waals surface area contributed by atoms with Gasteiger partial charge >= 0.3 is 12.1 Å². The van der Waals surface area contributed by atoms with Crippen LogP contribution in [0, 0.1) is 0 Å². The number of likely N-dealkylation sites (N-methyl/N-ethyl adjacent to an activating group) is 1. The average Bonchev–Trinajstić information content (AvgIpc) is 3.23. The fourth-order valence-electron chi connectivity index (χ4n) is 3.86. The van der Waals surface area contributed by atoms with E-state index in [2.05, 4.69) is 25.4 Å². The van der Waals surface area contributed by atoms with E-state index in [1.807, 2.05) is 7.05 Å². The summed E-state index contributed by atoms with van der Waals surface area (Å²) >= 11 is 0. The van der Waals surface area contributed by atoms with E-state index in [9.17, 15) is 22.0 Å². The Bertz CT molecular complexity index is 1120. The second kappa shape index (κ2) is 8.15. The first-order chi connectivity index (χ1) is 15.1. The Balaban J connectivity index is 1.81. The molecule has 32 heavy (non-hydrogen) atoms. The monoisotopic (exact) mass is 456 g/mol. The van der Waals surface area contributed by atoms with E-state index in [1.54, 1.807) is 0 Å². The molecule has 1 aromatic carbocycles. The van der Waals surface area contributed by atoms with Gasteiger partial charge < -0.3 is 15.0 Å². The molecule has 4 rings (SSSR count). The van der Waals surface area contributed by atoms with Crippen molar-refractivity contribution in [2.24, 2.45) is 0 Å². The summed E-state index contributed by atoms with van der Waals surface area (Å²) in [6, 6.07) is 3.17. The summed E-state index contributed by atoms with van der Waals surface area (Å²) in [5.41, 5.74) is -1.57. The maximum atomic E-state index is 14.4. The van der Waals surface area contributed by atoms with E-state index < -0.39 is 23.2 Å². The molecule has 3 heterocycles. The van der Waals surface area contributed by atoms with Crippen molar-refractivity contribution in [3.63, 3.8) is 0 Å². The summed E-state index contributed by atoms with van der Waals surface area (Å²) in [7, 11) is 3.18. The number of imidazole rings is 1. The quantitative estimate of drug-likeness (QED) is 0.587. The van der Waals surface area contributed by atoms with Gasteiger partial charge in [-0.25, -0.2) is 4.98 Å². The number of nitrogens with one attached hydrogen (secondary N) is 1. The van der Waals surface area contributed by atoms with Gasteiger partial charge in [0.1, 0.15) is 17.8 Å². The number of halogens is 5. The van der Waals surface area contributed by atoms with Gasteiger partial charge in [-0.15, -0.1) is 10.2 Å². The van der Waals surface area contributed by atoms with Crippen LogP contribution in [-0.4, -0.2) is 63.9 Å². The van der Waals surface area contributed by atoms with Crippen molar-refractivity contribution >= 4 is 11.5 Å². The summed E-state index contributed by atoms with van der Waals surface area (Å²) < 4.78 is 74.8. The Hall–Kier alpha value is -3.02. The first kappa shape index (κ1) is 22.2. The topological polar surface area (TPSA) is 67.6 Å². The molecule has 12 heteroatoms. The van der Waals surface area contributed by atoms with Gasteiger partial charge in [-0.3, -0.25) is 4.40 Å². The zero-order valence-corrected chi connectivity index (χ0v) is 17.3. The van der Waals surface area contributed by atoms with E-state index in [0.29, 0.717) is 12.0 Å². The third-order valence-electron chi connectivity index (χ3n) is 5.49. The summed E-state index contributed by atoms with van der Waals surface area (Å²) in [6.45, 7) is 1.76. The van der Waals surface area contributed by atoms with Gasteiger partial charge in [0.25, 0.3) is 0 Å². The van der Waals surface area contributed by atoms with Crippen LogP contribution in [0.1, 0.15) is 18.4 Å². The highest BCUT2D eigenvalue weighted by molar-refractivity contribution is 5.80. The SMILES string of the molecule is COc1ccc(-c2nnc(NC3CCCN(C)C3)n3cncc23)c(C(F)(F)C(F)(F)F)c1. The molecule has 1 unspecified atom stereocenters. The standard InChI is InChI=1S/C20H21F5N6O/c1-30-7-3-4-12(10-30)27-18-29-28-17(16-9-26-11-31(16)18)14-6-5-13(32-2)8-15(14)19(21,22)20(23,24)25/h5-6,8-9,11-12H,3-4,7,10H2,1-2H3,(H,27,29). The van der Waals surface area contributed by atoms with Gasteiger partial charge in [0, 0.05) is 23.7 Å². The molecule has 3 aromatic rings. The van der Waals surface area contributed by atoms with Crippen LogP contribution < -0.4 is 10.1 Å². The molecule has 1 N–H and O–H groups in total. The molecule has 172 valence electrons. The summed E-state index contributed by atoms with van der Waals surface area (Å²) in [5, 5.41) is 11.4. The molecule has 2 aromatic heterocycles. The highest BCUT2D eigenvalue weighted by Gasteiger charge is 2.60. The first-order valence-corrected chi connectivity index (χ1v) is 9.89. The lowest BCUT2D eigenvalue weighted by atomic mass is 9.97. The van der Waals surface area contributed by atoms with Crippen molar-refractivity contribution in [3.8, 4) is 17.0 Å². The number of rotatable bonds is 5. The number of alkyl halides is 5. The van der Waals surface area contributed by atoms with E-state index in [1.165, 1.54) is 30.1 Å². The molecule has 7 nitrogen and oxygen atoms in total. The van der Waals surface area contributed by atoms with Crippen molar-refractivity contribution in [1.82, 2.24) is 24.5 Å². The van der Waals surface area contributed by atoms with Crippen molar-refractivity contribution < 1.29 is 26.7 Å². The van der Waals surface area contributed by atoms with Crippen molar-refractivity contribution in [2.45, 2.75) is 31.0 Å². The molecule has 0 amide bonds. The minimum atomic E-state index is -5.80. The maximum Gasteiger partial charge on any atom is 0.458 e. The summed E-state index contributed by atoms with van der Waals surface area (Å²) in [6.07, 6.45) is -1.14. The highest BCUT2D eigenvalue weighted by Crippen LogP contribution is 2.48. The number of nitrogens with zero attached hydrogens (tertiary/aromatic N) is 5. The molecule has 0 bridgehead atoms. The van der Waals surface area contributed by atoms with Crippen molar-refractivity contribution in [1.29, 1.82) is 0 Å². The fourth-order valence-corrected chi connectivity index (χ4v) is 3.86. The number of hydrogen-bond donors (Lipinski definition) is 1. The summed E-state index contributed by atoms with van der Waals surface area (Å²) in [5.74, 6) is -4.93. The Morgan fingerprint density at radius 3 is 2.62 bits per heavy atom. The molecule has 0 radical (unpaired) electrons. The Morgan fingerprint density at radius 1 is 1.16 bits per heavy atom. The second-order valence-electron chi connectivity index (χ2n) is 7.75. The van der Waals surface area contributed by atoms with Gasteiger partial charge in [-0.1, -0.05) is 0 Å². The smallest absolute Gasteiger partial charge is 0.458 e. The van der Waals surface area contributed by atoms with Crippen LogP contribution in [0.2, 0.25) is 0 Å². The molecule has 0 spiro atoms. The Labute approximate surface area is 180 Å². The number of methoxy groups -OCH3 is 1. The number of likely N-dealkylation sites (tertiary alicyclic amines) is 1. The molecule has 0 aliphatic carbocycles. The number of hydrogen-bond acceptors (Lipinski definition) is 6. The minimum absolute atomic E-state index is 0.0885. The number of ether oxygens (including phenoxy) is 1. The maximum absolute atomic E-state index is 14.4. The molecular weight excluding hydrogens is 435 g/mol. The zero-order chi connectivity index (χ0) is 23.1. The molecule has 1 fully saturated rings. The van der Waals surface area contributed by atoms with Crippen LogP contribution in [0.15, 0.2) is 30.7 Å². The number of anilines is 1. The van der Waals surface area contributed by atoms with Crippen LogP contribution in [0.4, 0.5) is 27.9 Å². The van der Waals surface area contributed by atoms with Crippen LogP contribution in [0.25, 0.3) is 16.8 Å². The van der Waals surface area contributed by atoms with Gasteiger partial charge in [-0.05, 0) is 44.6 Å². The molecule has 1 aliphatic heterocycles. The van der Waals surface area contributed by atoms with E-state index in [4.69, 9.17) is 4.74 Å². The van der Waals surface area contributed by atoms with E-state index in [-0.39, 0.29) is 23.0 Å². The Morgan fingerprint density at radius 2 is 1.94 bits per heavy atom. The van der Waals surface area contributed by atoms with Crippen molar-refractivity contribution in [2.75, 3.05) is 32.6 Å². The van der Waals surface area contributed by atoms with Crippen LogP contribution in [0.3, 0.4) is 0 Å². The van der Waals surface area contributed by atoms with Crippen LogP contribution in [0.5, 0.6) is 5.75 Å². The molecule has 1 atom stereocenters. The molecular formula is C20H21F5N6O. The Kier molecular flexibility index (Phi) is 5.65. The van der Waals surface area contributed by atoms with Crippen LogP contribution in [-0.2, 0) is 5.92 Å². The second-order valence-corrected chi connectivity index (χ2v) is 7.75. The molecule has 0 saturated carbocycles. The number of aromatic nitrogens is 4. The average molecular weight is 456 g/mol. The fraction of sp³-hybridized carbons (Fsp3) is 0.450. The van der Waals surface area contributed by atoms with E-state index >= 15 is 0 Å². The number of benzene rings is 1. The third kappa shape index (κ3) is 3.94. The number of fused-ring (bicyclic) bond motifs is 1. The zero-order valence-electron chi connectivity index (χ0n) is 17.3. The van der Waals surface area contributed by atoms with E-state index in [0.717, 1.165) is 32.0 Å². The lowest BCUT2D eigenvalue weighted by Crippen LogP contribution is -2.40. The van der Waals surface area contributed by atoms with Crippen LogP contribution >= 0.6 is 0 Å². The predicted octanol–water partition coefficient (Wildman–Crippen LogP) is 3.96. The number of piperidine rings is 1. The lowest BCUT2D eigenvalue weighted by molar-refractivity contribution is -0.289. The first-order valence-electron chi connectivity index (χ1n) is 9.89. The molecule has 1 aliphatic rings. The van der Waals surface area contributed by atoms with Gasteiger partial charge in [0.15, 0.2) is 0 Å². The summed E-state index contributed by atoms with van der Waals surface area (Å²) in [4.78, 5) is 6.19. The van der Waals surface area contributed by atoms with Gasteiger partial charge in [0.2, 0.25) is 5.95 Å². The normalized spacial score (nSPS) is 18.2. The molecule has 1 saturated heterocycles. The minimum Gasteiger partial charge on any atom is -0.497 e. The largest absolute Gasteiger partial charge is 0.497 e. The lowest BCUT2D eigenvalue weighted by Gasteiger charge is -2.30. The highest BCUT2D eigenvalue weighted by atomic mass is 19.4. The predicted molar refractivity (Wildman–Crippen MR) is 107 cm³/mol. The van der Waals surface area contributed by atoms with Gasteiger partial charge in [-0.2, -0.15) is 22.0 Å². The van der Waals surface area contributed by atoms with Crippen molar-refractivity contribution in [3.05, 3.63) is 36.3 Å². The third-order valence-corrected chi connectivity index (χ3v) is 5.49. The van der Waals surface area contributed by atoms with Gasteiger partial charge in [0.05, 0.1) is 18.8 Å².